The summed E-state index contributed by atoms with van der Waals surface area (Å²) in [6, 6.07) is 42.9. The summed E-state index contributed by atoms with van der Waals surface area (Å²) in [7, 11) is 0. The first-order valence-electron chi connectivity index (χ1n) is 15.6. The number of rotatable bonds is 15. The minimum atomic E-state index is -1.03. The Kier molecular flexibility index (Phi) is 11.2. The molecule has 1 fully saturated rings. The monoisotopic (exact) mass is 618 g/mol. The van der Waals surface area contributed by atoms with Crippen molar-refractivity contribution in [2.24, 2.45) is 0 Å². The van der Waals surface area contributed by atoms with Crippen LogP contribution >= 0.6 is 0 Å². The lowest BCUT2D eigenvalue weighted by molar-refractivity contribution is -0.262. The first kappa shape index (κ1) is 31.6. The second-order valence-electron chi connectivity index (χ2n) is 11.2. The number of carbonyl (C=O) groups excluding carboxylic acids is 1. The van der Waals surface area contributed by atoms with E-state index >= 15 is 0 Å². The lowest BCUT2D eigenvalue weighted by atomic mass is 9.91. The number of carbonyl (C=O) groups is 1. The number of ether oxygens (including phenoxy) is 5. The molecule has 0 bridgehead atoms. The van der Waals surface area contributed by atoms with E-state index in [1.807, 2.05) is 121 Å². The van der Waals surface area contributed by atoms with Gasteiger partial charge in [-0.05, 0) is 34.4 Å². The number of hydrogen-bond donors (Lipinski definition) is 0. The number of hydrogen-bond acceptors (Lipinski definition) is 7. The molecule has 46 heavy (non-hydrogen) atoms. The molecule has 6 rings (SSSR count). The average Bonchev–Trinajstić information content (AvgIpc) is 3.66. The van der Waals surface area contributed by atoms with Crippen molar-refractivity contribution >= 4 is 5.78 Å². The average molecular weight is 619 g/mol. The zero-order valence-electron chi connectivity index (χ0n) is 25.6. The van der Waals surface area contributed by atoms with Crippen molar-refractivity contribution in [1.29, 1.82) is 0 Å². The molecular formula is C39H38O7. The van der Waals surface area contributed by atoms with Crippen molar-refractivity contribution in [3.8, 4) is 0 Å². The summed E-state index contributed by atoms with van der Waals surface area (Å²) >= 11 is 0. The van der Waals surface area contributed by atoms with E-state index in [4.69, 9.17) is 28.1 Å². The van der Waals surface area contributed by atoms with Crippen molar-refractivity contribution in [1.82, 2.24) is 0 Å². The molecule has 236 valence electrons. The van der Waals surface area contributed by atoms with Gasteiger partial charge >= 0.3 is 0 Å². The van der Waals surface area contributed by atoms with E-state index in [0.29, 0.717) is 19.8 Å². The normalized spacial score (nSPS) is 21.2. The number of furan rings is 1. The maximum absolute atomic E-state index is 14.0. The van der Waals surface area contributed by atoms with Crippen molar-refractivity contribution < 1.29 is 32.9 Å². The van der Waals surface area contributed by atoms with Gasteiger partial charge in [-0.25, -0.2) is 0 Å². The van der Waals surface area contributed by atoms with Crippen molar-refractivity contribution in [2.45, 2.75) is 56.9 Å². The summed E-state index contributed by atoms with van der Waals surface area (Å²) in [6.45, 7) is 1.42. The smallest absolute Gasteiger partial charge is 0.229 e. The van der Waals surface area contributed by atoms with Gasteiger partial charge in [0.2, 0.25) is 5.78 Å². The standard InChI is InChI=1S/C39H38O7/c40-35(33-22-13-23-42-33)37-39(45-27-32-20-11-4-12-21-32)38(44-26-31-18-9-3-10-19-31)36(43-25-30-16-7-2-8-17-30)34(46-37)28-41-24-29-14-5-1-6-15-29/h1-23,34,36-39H,24-28H2/t34?,36-,37-,38?,39?/m0/s1. The van der Waals surface area contributed by atoms with E-state index in [0.717, 1.165) is 22.3 Å². The molecule has 1 aliphatic rings. The SMILES string of the molecule is O=C(c1ccco1)[C@@H]1OC(COCc2ccccc2)[C@H](OCc2ccccc2)C(OCc2ccccc2)C1OCc1ccccc1. The molecule has 7 heteroatoms. The minimum absolute atomic E-state index is 0.173. The van der Waals surface area contributed by atoms with E-state index in [1.54, 1.807) is 12.1 Å². The van der Waals surface area contributed by atoms with Crippen LogP contribution in [0.3, 0.4) is 0 Å². The van der Waals surface area contributed by atoms with Gasteiger partial charge in [0.1, 0.15) is 24.4 Å². The van der Waals surface area contributed by atoms with E-state index in [2.05, 4.69) is 0 Å². The molecule has 1 saturated heterocycles. The Labute approximate surface area is 269 Å². The van der Waals surface area contributed by atoms with E-state index < -0.39 is 30.5 Å². The Bertz CT molecular complexity index is 1580. The Balaban J connectivity index is 1.33. The number of benzene rings is 4. The quantitative estimate of drug-likeness (QED) is 0.115. The minimum Gasteiger partial charge on any atom is -0.461 e. The van der Waals surface area contributed by atoms with Crippen LogP contribution in [0, 0.1) is 0 Å². The van der Waals surface area contributed by atoms with E-state index in [1.165, 1.54) is 6.26 Å². The molecule has 0 radical (unpaired) electrons. The van der Waals surface area contributed by atoms with Crippen LogP contribution in [0.15, 0.2) is 144 Å². The zero-order chi connectivity index (χ0) is 31.4. The predicted molar refractivity (Wildman–Crippen MR) is 173 cm³/mol. The van der Waals surface area contributed by atoms with Crippen molar-refractivity contribution in [3.05, 3.63) is 168 Å². The molecule has 1 aromatic heterocycles. The van der Waals surface area contributed by atoms with Gasteiger partial charge in [0.15, 0.2) is 11.9 Å². The molecule has 5 atom stereocenters. The molecule has 4 aromatic carbocycles. The summed E-state index contributed by atoms with van der Waals surface area (Å²) in [6.07, 6.45) is -2.32. The highest BCUT2D eigenvalue weighted by molar-refractivity contribution is 5.97. The van der Waals surface area contributed by atoms with Crippen LogP contribution in [0.5, 0.6) is 0 Å². The largest absolute Gasteiger partial charge is 0.461 e. The lowest BCUT2D eigenvalue weighted by Gasteiger charge is -2.45. The molecule has 2 heterocycles. The van der Waals surface area contributed by atoms with Crippen LogP contribution in [-0.4, -0.2) is 42.9 Å². The third-order valence-corrected chi connectivity index (χ3v) is 7.91. The fourth-order valence-electron chi connectivity index (χ4n) is 5.56. The van der Waals surface area contributed by atoms with Gasteiger partial charge in [-0.3, -0.25) is 4.79 Å². The van der Waals surface area contributed by atoms with Crippen LogP contribution in [0.25, 0.3) is 0 Å². The summed E-state index contributed by atoms with van der Waals surface area (Å²) in [5, 5.41) is 0. The third kappa shape index (κ3) is 8.46. The highest BCUT2D eigenvalue weighted by Gasteiger charge is 2.51. The van der Waals surface area contributed by atoms with E-state index in [9.17, 15) is 4.79 Å². The molecule has 5 aromatic rings. The third-order valence-electron chi connectivity index (χ3n) is 7.91. The van der Waals surface area contributed by atoms with Crippen LogP contribution in [-0.2, 0) is 50.1 Å². The molecule has 0 saturated carbocycles. The molecule has 0 amide bonds. The molecule has 0 N–H and O–H groups in total. The molecular weight excluding hydrogens is 580 g/mol. The lowest BCUT2D eigenvalue weighted by Crippen LogP contribution is -2.63. The molecule has 1 aliphatic heterocycles. The predicted octanol–water partition coefficient (Wildman–Crippen LogP) is 7.20. The molecule has 3 unspecified atom stereocenters. The van der Waals surface area contributed by atoms with Gasteiger partial charge < -0.3 is 28.1 Å². The Morgan fingerprint density at radius 3 is 1.46 bits per heavy atom. The summed E-state index contributed by atoms with van der Waals surface area (Å²) in [5.41, 5.74) is 3.99. The number of Topliss-reactive ketones (excluding diaryl/α,β-unsaturated/α-hetero) is 1. The fraction of sp³-hybridized carbons (Fsp3) is 0.256. The topological polar surface area (TPSA) is 76.4 Å². The highest BCUT2D eigenvalue weighted by Crippen LogP contribution is 2.32. The van der Waals surface area contributed by atoms with Crippen LogP contribution < -0.4 is 0 Å². The highest BCUT2D eigenvalue weighted by atomic mass is 16.6. The zero-order valence-corrected chi connectivity index (χ0v) is 25.6. The van der Waals surface area contributed by atoms with Crippen LogP contribution in [0.1, 0.15) is 32.8 Å². The Morgan fingerprint density at radius 2 is 0.978 bits per heavy atom. The second kappa shape index (κ2) is 16.3. The number of ketones is 1. The van der Waals surface area contributed by atoms with Crippen LogP contribution in [0.2, 0.25) is 0 Å². The maximum Gasteiger partial charge on any atom is 0.229 e. The van der Waals surface area contributed by atoms with Gasteiger partial charge in [-0.15, -0.1) is 0 Å². The van der Waals surface area contributed by atoms with Crippen molar-refractivity contribution in [3.63, 3.8) is 0 Å². The van der Waals surface area contributed by atoms with Gasteiger partial charge in [-0.1, -0.05) is 121 Å². The van der Waals surface area contributed by atoms with Gasteiger partial charge in [-0.2, -0.15) is 0 Å². The first-order valence-corrected chi connectivity index (χ1v) is 15.6. The Hall–Kier alpha value is -4.37. The summed E-state index contributed by atoms with van der Waals surface area (Å²) in [5.74, 6) is -0.140. The van der Waals surface area contributed by atoms with E-state index in [-0.39, 0.29) is 24.8 Å². The molecule has 0 aliphatic carbocycles. The van der Waals surface area contributed by atoms with Gasteiger partial charge in [0, 0.05) is 0 Å². The van der Waals surface area contributed by atoms with Crippen LogP contribution in [0.4, 0.5) is 0 Å². The summed E-state index contributed by atoms with van der Waals surface area (Å²) < 4.78 is 38.3. The maximum atomic E-state index is 14.0. The summed E-state index contributed by atoms with van der Waals surface area (Å²) in [4.78, 5) is 14.0. The van der Waals surface area contributed by atoms with Crippen molar-refractivity contribution in [2.75, 3.05) is 6.61 Å². The van der Waals surface area contributed by atoms with Gasteiger partial charge in [0.25, 0.3) is 0 Å². The fourth-order valence-corrected chi connectivity index (χ4v) is 5.56. The molecule has 7 nitrogen and oxygen atoms in total. The second-order valence-corrected chi connectivity index (χ2v) is 11.2. The Morgan fingerprint density at radius 1 is 0.522 bits per heavy atom. The first-order chi connectivity index (χ1) is 22.7. The van der Waals surface area contributed by atoms with Gasteiger partial charge in [0.05, 0.1) is 39.3 Å². The molecule has 0 spiro atoms.